The van der Waals surface area contributed by atoms with Gasteiger partial charge in [0, 0.05) is 0 Å². The first-order valence-corrected chi connectivity index (χ1v) is 12.0. The third kappa shape index (κ3) is 3.70. The standard InChI is InChI=1S/C32H28O4/c1-20-13-14-23(17-21(20)2)32(27-11-7-5-9-25(27)26-10-6-8-12-28(26)32)24-15-16-29(22(3)18-24)36-31(34)19-30(33)35-4/h5-18H,19H2,1-4H3. The van der Waals surface area contributed by atoms with Crippen LogP contribution in [0.1, 0.15) is 45.4 Å². The average molecular weight is 477 g/mol. The maximum atomic E-state index is 12.2. The number of hydrogen-bond donors (Lipinski definition) is 0. The Labute approximate surface area is 211 Å². The third-order valence-electron chi connectivity index (χ3n) is 7.24. The van der Waals surface area contributed by atoms with Gasteiger partial charge in [-0.15, -0.1) is 0 Å². The molecular weight excluding hydrogens is 448 g/mol. The van der Waals surface area contributed by atoms with E-state index in [-0.39, 0.29) is 0 Å². The Morgan fingerprint density at radius 2 is 1.22 bits per heavy atom. The summed E-state index contributed by atoms with van der Waals surface area (Å²) in [7, 11) is 1.25. The minimum absolute atomic E-state index is 0.426. The molecule has 0 saturated heterocycles. The molecule has 1 aliphatic rings. The quantitative estimate of drug-likeness (QED) is 0.166. The van der Waals surface area contributed by atoms with E-state index < -0.39 is 23.8 Å². The number of benzene rings is 4. The fraction of sp³-hybridized carbons (Fsp3) is 0.188. The molecule has 0 spiro atoms. The lowest BCUT2D eigenvalue weighted by molar-refractivity contribution is -0.148. The Morgan fingerprint density at radius 1 is 0.667 bits per heavy atom. The largest absolute Gasteiger partial charge is 0.469 e. The van der Waals surface area contributed by atoms with Crippen LogP contribution in [0.3, 0.4) is 0 Å². The van der Waals surface area contributed by atoms with Gasteiger partial charge in [0.1, 0.15) is 12.2 Å². The first-order valence-electron chi connectivity index (χ1n) is 12.0. The minimum atomic E-state index is -0.641. The minimum Gasteiger partial charge on any atom is -0.469 e. The molecule has 4 heteroatoms. The third-order valence-corrected chi connectivity index (χ3v) is 7.24. The van der Waals surface area contributed by atoms with E-state index in [1.165, 1.54) is 46.1 Å². The zero-order valence-electron chi connectivity index (χ0n) is 20.9. The van der Waals surface area contributed by atoms with Crippen LogP contribution in [0.25, 0.3) is 11.1 Å². The highest BCUT2D eigenvalue weighted by atomic mass is 16.5. The molecule has 0 amide bonds. The van der Waals surface area contributed by atoms with E-state index >= 15 is 0 Å². The Morgan fingerprint density at radius 3 is 1.78 bits per heavy atom. The molecule has 4 aromatic carbocycles. The van der Waals surface area contributed by atoms with Crippen LogP contribution in [0, 0.1) is 20.8 Å². The van der Waals surface area contributed by atoms with Crippen molar-refractivity contribution in [2.75, 3.05) is 7.11 Å². The van der Waals surface area contributed by atoms with Crippen molar-refractivity contribution in [3.05, 3.63) is 124 Å². The number of rotatable bonds is 5. The molecule has 0 saturated carbocycles. The molecule has 180 valence electrons. The molecule has 0 radical (unpaired) electrons. The van der Waals surface area contributed by atoms with Crippen molar-refractivity contribution in [3.8, 4) is 16.9 Å². The van der Waals surface area contributed by atoms with Crippen LogP contribution in [0.5, 0.6) is 5.75 Å². The van der Waals surface area contributed by atoms with Gasteiger partial charge in [0.15, 0.2) is 0 Å². The van der Waals surface area contributed by atoms with E-state index in [2.05, 4.69) is 91.4 Å². The van der Waals surface area contributed by atoms with Gasteiger partial charge in [0.05, 0.1) is 12.5 Å². The zero-order valence-corrected chi connectivity index (χ0v) is 20.9. The fourth-order valence-corrected chi connectivity index (χ4v) is 5.34. The topological polar surface area (TPSA) is 52.6 Å². The second-order valence-corrected chi connectivity index (χ2v) is 9.35. The molecule has 0 atom stereocenters. The molecule has 0 fully saturated rings. The number of methoxy groups -OCH3 is 1. The molecule has 36 heavy (non-hydrogen) atoms. The number of fused-ring (bicyclic) bond motifs is 3. The van der Waals surface area contributed by atoms with Crippen LogP contribution in [0.4, 0.5) is 0 Å². The second-order valence-electron chi connectivity index (χ2n) is 9.35. The van der Waals surface area contributed by atoms with Gasteiger partial charge in [-0.1, -0.05) is 78.9 Å². The Balaban J connectivity index is 1.72. The Bertz CT molecular complexity index is 1450. The lowest BCUT2D eigenvalue weighted by Gasteiger charge is -2.34. The molecule has 1 aliphatic carbocycles. The highest BCUT2D eigenvalue weighted by Gasteiger charge is 2.46. The predicted molar refractivity (Wildman–Crippen MR) is 140 cm³/mol. The van der Waals surface area contributed by atoms with E-state index in [1.807, 2.05) is 19.1 Å². The highest BCUT2D eigenvalue weighted by Crippen LogP contribution is 2.56. The van der Waals surface area contributed by atoms with Gasteiger partial charge in [-0.2, -0.15) is 0 Å². The number of hydrogen-bond acceptors (Lipinski definition) is 4. The fourth-order valence-electron chi connectivity index (χ4n) is 5.34. The summed E-state index contributed by atoms with van der Waals surface area (Å²) in [5, 5.41) is 0. The Hall–Kier alpha value is -4.18. The van der Waals surface area contributed by atoms with E-state index in [4.69, 9.17) is 4.74 Å². The number of aryl methyl sites for hydroxylation is 3. The van der Waals surface area contributed by atoms with Crippen LogP contribution < -0.4 is 4.74 Å². The van der Waals surface area contributed by atoms with Crippen LogP contribution in [0.2, 0.25) is 0 Å². The number of ether oxygens (including phenoxy) is 2. The molecule has 0 heterocycles. The lowest BCUT2D eigenvalue weighted by Crippen LogP contribution is -2.29. The molecule has 0 N–H and O–H groups in total. The van der Waals surface area contributed by atoms with Crippen molar-refractivity contribution >= 4 is 11.9 Å². The summed E-state index contributed by atoms with van der Waals surface area (Å²) >= 11 is 0. The maximum Gasteiger partial charge on any atom is 0.322 e. The molecule has 0 aromatic heterocycles. The summed E-state index contributed by atoms with van der Waals surface area (Å²) in [5.41, 5.74) is 9.95. The summed E-state index contributed by atoms with van der Waals surface area (Å²) in [6.45, 7) is 6.20. The van der Waals surface area contributed by atoms with Gasteiger partial charge >= 0.3 is 11.9 Å². The summed E-state index contributed by atoms with van der Waals surface area (Å²) in [4.78, 5) is 23.7. The highest BCUT2D eigenvalue weighted by molar-refractivity contribution is 5.92. The van der Waals surface area contributed by atoms with Gasteiger partial charge in [0.2, 0.25) is 0 Å². The van der Waals surface area contributed by atoms with Crippen LogP contribution in [-0.2, 0) is 19.7 Å². The number of esters is 2. The number of carbonyl (C=O) groups is 2. The molecular formula is C32H28O4. The van der Waals surface area contributed by atoms with Crippen molar-refractivity contribution in [2.45, 2.75) is 32.6 Å². The van der Waals surface area contributed by atoms with Crippen LogP contribution in [0.15, 0.2) is 84.9 Å². The van der Waals surface area contributed by atoms with Crippen molar-refractivity contribution in [1.29, 1.82) is 0 Å². The van der Waals surface area contributed by atoms with Gasteiger partial charge in [0.25, 0.3) is 0 Å². The van der Waals surface area contributed by atoms with Crippen molar-refractivity contribution in [3.63, 3.8) is 0 Å². The lowest BCUT2D eigenvalue weighted by atomic mass is 9.67. The zero-order chi connectivity index (χ0) is 25.4. The van der Waals surface area contributed by atoms with Crippen LogP contribution in [-0.4, -0.2) is 19.0 Å². The van der Waals surface area contributed by atoms with Crippen molar-refractivity contribution in [1.82, 2.24) is 0 Å². The van der Waals surface area contributed by atoms with Gasteiger partial charge in [-0.25, -0.2) is 0 Å². The second kappa shape index (κ2) is 9.12. The molecule has 4 nitrogen and oxygen atoms in total. The summed E-state index contributed by atoms with van der Waals surface area (Å²) in [6.07, 6.45) is -0.426. The normalized spacial score (nSPS) is 13.0. The summed E-state index contributed by atoms with van der Waals surface area (Å²) in [5.74, 6) is -0.831. The molecule has 0 bridgehead atoms. The van der Waals surface area contributed by atoms with Crippen molar-refractivity contribution < 1.29 is 19.1 Å². The van der Waals surface area contributed by atoms with E-state index in [9.17, 15) is 9.59 Å². The number of carbonyl (C=O) groups excluding carboxylic acids is 2. The maximum absolute atomic E-state index is 12.2. The molecule has 4 aromatic rings. The van der Waals surface area contributed by atoms with E-state index in [0.29, 0.717) is 5.75 Å². The first-order chi connectivity index (χ1) is 17.4. The van der Waals surface area contributed by atoms with Gasteiger partial charge < -0.3 is 9.47 Å². The predicted octanol–water partition coefficient (Wildman–Crippen LogP) is 6.44. The molecule has 0 unspecified atom stereocenters. The first kappa shape index (κ1) is 23.6. The van der Waals surface area contributed by atoms with E-state index in [1.54, 1.807) is 0 Å². The average Bonchev–Trinajstić information content (AvgIpc) is 3.18. The van der Waals surface area contributed by atoms with Gasteiger partial charge in [-0.05, 0) is 76.9 Å². The van der Waals surface area contributed by atoms with Crippen molar-refractivity contribution in [2.24, 2.45) is 0 Å². The monoisotopic (exact) mass is 476 g/mol. The molecule has 0 aliphatic heterocycles. The Kier molecular flexibility index (Phi) is 5.97. The van der Waals surface area contributed by atoms with E-state index in [0.717, 1.165) is 11.1 Å². The summed E-state index contributed by atoms with van der Waals surface area (Å²) < 4.78 is 10.1. The summed E-state index contributed by atoms with van der Waals surface area (Å²) in [6, 6.07) is 29.8. The van der Waals surface area contributed by atoms with Gasteiger partial charge in [-0.3, -0.25) is 9.59 Å². The SMILES string of the molecule is COC(=O)CC(=O)Oc1ccc(C2(c3ccc(C)c(C)c3)c3ccccc3-c3ccccc32)cc1C. The van der Waals surface area contributed by atoms with Crippen LogP contribution >= 0.6 is 0 Å². The smallest absolute Gasteiger partial charge is 0.322 e. The molecule has 5 rings (SSSR count).